The number of H-pyrrole nitrogens is 1. The van der Waals surface area contributed by atoms with E-state index >= 15 is 0 Å². The first-order valence-corrected chi connectivity index (χ1v) is 9.43. The molecule has 5 rings (SSSR count). The maximum Gasteiger partial charge on any atom is 0.316 e. The molecule has 9 nitrogen and oxygen atoms in total. The predicted molar refractivity (Wildman–Crippen MR) is 97.7 cm³/mol. The molecule has 2 fully saturated rings. The fourth-order valence-electron chi connectivity index (χ4n) is 3.87. The van der Waals surface area contributed by atoms with Crippen molar-refractivity contribution in [3.8, 4) is 11.5 Å². The van der Waals surface area contributed by atoms with Crippen LogP contribution < -0.4 is 5.32 Å². The number of aromatic nitrogens is 5. The van der Waals surface area contributed by atoms with Gasteiger partial charge in [0.2, 0.25) is 5.91 Å². The van der Waals surface area contributed by atoms with E-state index in [-0.39, 0.29) is 23.3 Å². The van der Waals surface area contributed by atoms with Gasteiger partial charge in [0.15, 0.2) is 5.82 Å². The van der Waals surface area contributed by atoms with Gasteiger partial charge in [-0.15, -0.1) is 10.2 Å². The van der Waals surface area contributed by atoms with Crippen molar-refractivity contribution >= 4 is 23.0 Å². The molecule has 0 radical (unpaired) electrons. The van der Waals surface area contributed by atoms with Crippen molar-refractivity contribution in [3.63, 3.8) is 0 Å². The lowest BCUT2D eigenvalue weighted by Crippen LogP contribution is -2.45. The maximum atomic E-state index is 13.8. The zero-order valence-corrected chi connectivity index (χ0v) is 15.4. The minimum atomic E-state index is -0.487. The van der Waals surface area contributed by atoms with Crippen molar-refractivity contribution < 1.29 is 13.6 Å². The third-order valence-corrected chi connectivity index (χ3v) is 5.90. The minimum absolute atomic E-state index is 0.0252. The quantitative estimate of drug-likeness (QED) is 0.709. The lowest BCUT2D eigenvalue weighted by Gasteiger charge is -2.33. The first kappa shape index (κ1) is 17.1. The van der Waals surface area contributed by atoms with E-state index in [1.54, 1.807) is 6.92 Å². The minimum Gasteiger partial charge on any atom is -0.403 e. The number of carbonyl (C=O) groups is 1. The van der Waals surface area contributed by atoms with Crippen molar-refractivity contribution in [2.24, 2.45) is 5.41 Å². The molecule has 3 heterocycles. The van der Waals surface area contributed by atoms with E-state index in [0.717, 1.165) is 25.9 Å². The number of likely N-dealkylation sites (tertiary alicyclic amines) is 1. The van der Waals surface area contributed by atoms with Crippen LogP contribution in [0.25, 0.3) is 22.5 Å². The second-order valence-corrected chi connectivity index (χ2v) is 7.73. The van der Waals surface area contributed by atoms with Crippen LogP contribution in [-0.4, -0.2) is 55.5 Å². The molecule has 1 saturated carbocycles. The number of carbonyl (C=O) groups excluding carboxylic acids is 1. The number of amides is 1. The van der Waals surface area contributed by atoms with Gasteiger partial charge in [-0.05, 0) is 50.2 Å². The number of halogens is 1. The summed E-state index contributed by atoms with van der Waals surface area (Å²) in [5, 5.41) is 20.9. The number of rotatable bonds is 4. The molecule has 1 atom stereocenters. The van der Waals surface area contributed by atoms with E-state index in [4.69, 9.17) is 4.42 Å². The van der Waals surface area contributed by atoms with Crippen molar-refractivity contribution in [2.75, 3.05) is 18.4 Å². The summed E-state index contributed by atoms with van der Waals surface area (Å²) in [6.45, 7) is 3.39. The molecule has 10 heteroatoms. The number of aromatic amines is 1. The summed E-state index contributed by atoms with van der Waals surface area (Å²) < 4.78 is 19.4. The monoisotopic (exact) mass is 385 g/mol. The van der Waals surface area contributed by atoms with Gasteiger partial charge in [0, 0.05) is 13.1 Å². The van der Waals surface area contributed by atoms with Crippen LogP contribution in [-0.2, 0) is 4.79 Å². The van der Waals surface area contributed by atoms with Crippen LogP contribution in [0, 0.1) is 11.2 Å². The molecule has 0 unspecified atom stereocenters. The summed E-state index contributed by atoms with van der Waals surface area (Å²) >= 11 is 0. The molecular formula is C18H20FN7O2. The molecule has 1 saturated heterocycles. The highest BCUT2D eigenvalue weighted by atomic mass is 19.1. The van der Waals surface area contributed by atoms with Crippen LogP contribution in [0.3, 0.4) is 0 Å². The lowest BCUT2D eigenvalue weighted by molar-refractivity contribution is -0.133. The van der Waals surface area contributed by atoms with Gasteiger partial charge in [0.05, 0.1) is 5.56 Å². The highest BCUT2D eigenvalue weighted by molar-refractivity contribution is 5.89. The molecule has 1 aliphatic heterocycles. The smallest absolute Gasteiger partial charge is 0.316 e. The Labute approximate surface area is 159 Å². The van der Waals surface area contributed by atoms with Crippen LogP contribution in [0.15, 0.2) is 16.5 Å². The van der Waals surface area contributed by atoms with Gasteiger partial charge in [0.1, 0.15) is 17.1 Å². The molecule has 1 spiro atoms. The van der Waals surface area contributed by atoms with Gasteiger partial charge in [-0.2, -0.15) is 0 Å². The second-order valence-electron chi connectivity index (χ2n) is 7.73. The van der Waals surface area contributed by atoms with E-state index in [0.29, 0.717) is 16.5 Å². The molecule has 1 aliphatic carbocycles. The van der Waals surface area contributed by atoms with Crippen LogP contribution in [0.5, 0.6) is 0 Å². The Morgan fingerprint density at radius 3 is 2.79 bits per heavy atom. The van der Waals surface area contributed by atoms with Crippen molar-refractivity contribution in [1.29, 1.82) is 0 Å². The number of hydrogen-bond donors (Lipinski definition) is 2. The number of piperidine rings is 1. The fraction of sp³-hybridized carbons (Fsp3) is 0.500. The Bertz CT molecular complexity index is 1030. The molecule has 2 aliphatic rings. The fourth-order valence-corrected chi connectivity index (χ4v) is 3.87. The van der Waals surface area contributed by atoms with Crippen molar-refractivity contribution in [3.05, 3.63) is 17.9 Å². The molecule has 2 aromatic heterocycles. The van der Waals surface area contributed by atoms with Gasteiger partial charge in [0.25, 0.3) is 5.89 Å². The number of benzene rings is 1. The normalized spacial score (nSPS) is 19.1. The van der Waals surface area contributed by atoms with E-state index in [1.165, 1.54) is 25.0 Å². The number of nitrogens with one attached hydrogen (secondary N) is 2. The molecule has 28 heavy (non-hydrogen) atoms. The number of fused-ring (bicyclic) bond motifs is 1. The predicted octanol–water partition coefficient (Wildman–Crippen LogP) is 2.35. The molecule has 3 aromatic rings. The highest BCUT2D eigenvalue weighted by Gasteiger charge is 2.45. The van der Waals surface area contributed by atoms with Crippen molar-refractivity contribution in [2.45, 2.75) is 38.6 Å². The summed E-state index contributed by atoms with van der Waals surface area (Å²) in [6.07, 6.45) is 4.79. The zero-order chi connectivity index (χ0) is 19.3. The summed E-state index contributed by atoms with van der Waals surface area (Å²) in [6, 6.07) is 2.44. The molecule has 1 amide bonds. The maximum absolute atomic E-state index is 13.8. The Kier molecular flexibility index (Phi) is 3.81. The third-order valence-electron chi connectivity index (χ3n) is 5.90. The average Bonchev–Trinajstić information content (AvgIpc) is 3.11. The molecule has 146 valence electrons. The van der Waals surface area contributed by atoms with Crippen LogP contribution in [0.2, 0.25) is 0 Å². The van der Waals surface area contributed by atoms with Gasteiger partial charge in [-0.1, -0.05) is 10.3 Å². The first-order valence-electron chi connectivity index (χ1n) is 9.43. The molecule has 2 N–H and O–H groups in total. The summed E-state index contributed by atoms with van der Waals surface area (Å²) in [5.41, 5.74) is 1.50. The molecular weight excluding hydrogens is 365 g/mol. The van der Waals surface area contributed by atoms with Crippen LogP contribution >= 0.6 is 0 Å². The van der Waals surface area contributed by atoms with Crippen molar-refractivity contribution in [1.82, 2.24) is 30.5 Å². The Morgan fingerprint density at radius 2 is 2.04 bits per heavy atom. The van der Waals surface area contributed by atoms with Gasteiger partial charge >= 0.3 is 6.01 Å². The highest BCUT2D eigenvalue weighted by Crippen LogP contribution is 2.53. The van der Waals surface area contributed by atoms with E-state index in [9.17, 15) is 9.18 Å². The molecule has 1 aromatic carbocycles. The Balaban J connectivity index is 1.29. The van der Waals surface area contributed by atoms with E-state index in [1.807, 2.05) is 4.90 Å². The van der Waals surface area contributed by atoms with E-state index < -0.39 is 11.9 Å². The Morgan fingerprint density at radius 1 is 1.25 bits per heavy atom. The van der Waals surface area contributed by atoms with Crippen LogP contribution in [0.4, 0.5) is 10.4 Å². The number of nitrogens with zero attached hydrogens (tertiary/aromatic N) is 5. The first-order chi connectivity index (χ1) is 13.5. The van der Waals surface area contributed by atoms with Gasteiger partial charge < -0.3 is 14.6 Å². The van der Waals surface area contributed by atoms with Crippen LogP contribution in [0.1, 0.15) is 32.6 Å². The van der Waals surface area contributed by atoms with Gasteiger partial charge in [-0.25, -0.2) is 4.39 Å². The SMILES string of the molecule is C[C@H](Nc1nnc(-c2ccc(F)c3nn[nH]c23)o1)C(=O)N1CCC2(CC1)CC2. The standard InChI is InChI=1S/C18H20FN7O2/c1-10(16(27)26-8-6-18(4-5-18)7-9-26)20-17-24-23-15(28-17)11-2-3-12(19)14-13(11)21-25-22-14/h2-3,10H,4-9H2,1H3,(H,20,24)(H,21,22,25)/t10-/m0/s1. The topological polar surface area (TPSA) is 113 Å². The van der Waals surface area contributed by atoms with Gasteiger partial charge in [-0.3, -0.25) is 9.89 Å². The second kappa shape index (κ2) is 6.25. The summed E-state index contributed by atoms with van der Waals surface area (Å²) in [7, 11) is 0. The summed E-state index contributed by atoms with van der Waals surface area (Å²) in [4.78, 5) is 14.6. The Hall–Kier alpha value is -3.04. The summed E-state index contributed by atoms with van der Waals surface area (Å²) in [5.74, 6) is -0.275. The molecule has 0 bridgehead atoms. The largest absolute Gasteiger partial charge is 0.403 e. The number of anilines is 1. The third kappa shape index (κ3) is 2.88. The van der Waals surface area contributed by atoms with E-state index in [2.05, 4.69) is 30.9 Å². The lowest BCUT2D eigenvalue weighted by atomic mass is 9.93. The zero-order valence-electron chi connectivity index (χ0n) is 15.4. The number of hydrogen-bond acceptors (Lipinski definition) is 7. The average molecular weight is 385 g/mol.